The predicted octanol–water partition coefficient (Wildman–Crippen LogP) is 5.67. The monoisotopic (exact) mass is 466 g/mol. The molecule has 1 aromatic heterocycles. The zero-order chi connectivity index (χ0) is 24.2. The van der Waals surface area contributed by atoms with E-state index in [1.165, 1.54) is 20.5 Å². The quantitative estimate of drug-likeness (QED) is 0.380. The summed E-state index contributed by atoms with van der Waals surface area (Å²) in [5, 5.41) is 5.60. The highest BCUT2D eigenvalue weighted by molar-refractivity contribution is 6.00. The van der Waals surface area contributed by atoms with Crippen molar-refractivity contribution in [3.05, 3.63) is 72.1 Å². The second-order valence-corrected chi connectivity index (χ2v) is 7.19. The number of nitrogens with one attached hydrogen (secondary N) is 2. The molecule has 4 rings (SSSR count). The molecule has 8 nitrogen and oxygen atoms in total. The third kappa shape index (κ3) is 4.80. The molecule has 0 aliphatic rings. The van der Waals surface area contributed by atoms with Crippen molar-refractivity contribution in [1.82, 2.24) is 9.97 Å². The van der Waals surface area contributed by atoms with Gasteiger partial charge < -0.3 is 24.8 Å². The van der Waals surface area contributed by atoms with Crippen LogP contribution in [0.3, 0.4) is 0 Å². The van der Waals surface area contributed by atoms with Gasteiger partial charge in [-0.3, -0.25) is 0 Å². The number of amides is 2. The molecule has 0 bridgehead atoms. The van der Waals surface area contributed by atoms with Crippen molar-refractivity contribution in [1.29, 1.82) is 0 Å². The van der Waals surface area contributed by atoms with E-state index in [0.717, 1.165) is 12.1 Å². The minimum atomic E-state index is -0.873. The van der Waals surface area contributed by atoms with Crippen LogP contribution in [0.4, 0.5) is 25.0 Å². The van der Waals surface area contributed by atoms with E-state index in [9.17, 15) is 13.6 Å². The summed E-state index contributed by atoms with van der Waals surface area (Å²) in [7, 11) is 3.07. The fourth-order valence-electron chi connectivity index (χ4n) is 3.26. The van der Waals surface area contributed by atoms with E-state index in [1.54, 1.807) is 37.3 Å². The first-order chi connectivity index (χ1) is 16.4. The first-order valence-electron chi connectivity index (χ1n) is 10.1. The van der Waals surface area contributed by atoms with Gasteiger partial charge in [0.1, 0.15) is 23.7 Å². The van der Waals surface area contributed by atoms with Gasteiger partial charge in [0.25, 0.3) is 0 Å². The van der Waals surface area contributed by atoms with E-state index in [-0.39, 0.29) is 5.69 Å². The van der Waals surface area contributed by atoms with Crippen molar-refractivity contribution in [2.45, 2.75) is 6.92 Å². The summed E-state index contributed by atoms with van der Waals surface area (Å²) in [5.41, 5.74) is 1.64. The molecule has 1 heterocycles. The molecule has 174 valence electrons. The van der Waals surface area contributed by atoms with E-state index in [4.69, 9.17) is 14.2 Å². The van der Waals surface area contributed by atoms with Gasteiger partial charge in [-0.25, -0.2) is 23.5 Å². The maximum Gasteiger partial charge on any atom is 0.323 e. The molecular formula is C24H20F2N4O4. The smallest absolute Gasteiger partial charge is 0.323 e. The molecule has 0 radical (unpaired) electrons. The molecule has 2 amide bonds. The van der Waals surface area contributed by atoms with Crippen molar-refractivity contribution >= 4 is 28.3 Å². The number of rotatable bonds is 6. The number of aryl methyl sites for hydroxylation is 1. The second-order valence-electron chi connectivity index (χ2n) is 7.19. The van der Waals surface area contributed by atoms with Crippen LogP contribution in [0.25, 0.3) is 10.9 Å². The first-order valence-corrected chi connectivity index (χ1v) is 10.1. The Balaban J connectivity index is 1.52. The molecule has 0 aliphatic heterocycles. The number of ether oxygens (including phenoxy) is 3. The summed E-state index contributed by atoms with van der Waals surface area (Å²) in [5.74, 6) is 0.225. The Bertz CT molecular complexity index is 1380. The fraction of sp³-hybridized carbons (Fsp3) is 0.125. The fourth-order valence-corrected chi connectivity index (χ4v) is 3.26. The Morgan fingerprint density at radius 2 is 1.59 bits per heavy atom. The number of aromatic nitrogens is 2. The normalized spacial score (nSPS) is 10.6. The molecule has 0 saturated carbocycles. The Labute approximate surface area is 193 Å². The number of carbonyl (C=O) groups is 1. The van der Waals surface area contributed by atoms with Crippen LogP contribution in [-0.2, 0) is 0 Å². The molecule has 0 unspecified atom stereocenters. The minimum absolute atomic E-state index is 0.140. The average molecular weight is 466 g/mol. The number of hydrogen-bond donors (Lipinski definition) is 2. The van der Waals surface area contributed by atoms with Gasteiger partial charge in [-0.05, 0) is 48.9 Å². The molecule has 0 spiro atoms. The minimum Gasteiger partial charge on any atom is -0.493 e. The van der Waals surface area contributed by atoms with Crippen molar-refractivity contribution in [3.8, 4) is 23.1 Å². The number of urea groups is 1. The highest BCUT2D eigenvalue weighted by Gasteiger charge is 2.14. The summed E-state index contributed by atoms with van der Waals surface area (Å²) in [6, 6.07) is 10.7. The van der Waals surface area contributed by atoms with Gasteiger partial charge in [0.05, 0.1) is 30.8 Å². The van der Waals surface area contributed by atoms with Crippen molar-refractivity contribution in [2.75, 3.05) is 24.9 Å². The maximum absolute atomic E-state index is 13.8. The van der Waals surface area contributed by atoms with Crippen LogP contribution in [0.5, 0.6) is 23.1 Å². The number of fused-ring (bicyclic) bond motifs is 1. The predicted molar refractivity (Wildman–Crippen MR) is 123 cm³/mol. The first kappa shape index (κ1) is 22.7. The standard InChI is InChI=1S/C24H20F2N4O4/c1-13-8-15(5-7-18(13)29-24(31)30-19-6-4-14(25)9-17(19)26)34-23-16-10-21(32-2)22(33-3)11-20(16)27-12-28-23/h4-12H,1-3H3,(H2,29,30,31). The molecule has 2 N–H and O–H groups in total. The third-order valence-corrected chi connectivity index (χ3v) is 4.94. The molecule has 4 aromatic rings. The SMILES string of the molecule is COc1cc2ncnc(Oc3ccc(NC(=O)Nc4ccc(F)cc4F)c(C)c3)c2cc1OC. The number of carbonyl (C=O) groups excluding carboxylic acids is 1. The van der Waals surface area contributed by atoms with E-state index in [0.29, 0.717) is 51.3 Å². The maximum atomic E-state index is 13.8. The van der Waals surface area contributed by atoms with E-state index in [1.807, 2.05) is 0 Å². The number of halogens is 2. The molecule has 0 saturated heterocycles. The Kier molecular flexibility index (Phi) is 6.39. The van der Waals surface area contributed by atoms with E-state index in [2.05, 4.69) is 20.6 Å². The number of anilines is 2. The van der Waals surface area contributed by atoms with E-state index >= 15 is 0 Å². The molecule has 10 heteroatoms. The number of hydrogen-bond acceptors (Lipinski definition) is 6. The largest absolute Gasteiger partial charge is 0.493 e. The van der Waals surface area contributed by atoms with Crippen LogP contribution >= 0.6 is 0 Å². The Morgan fingerprint density at radius 3 is 2.29 bits per heavy atom. The summed E-state index contributed by atoms with van der Waals surface area (Å²) in [6.45, 7) is 1.77. The molecule has 0 aliphatic carbocycles. The molecule has 3 aromatic carbocycles. The third-order valence-electron chi connectivity index (χ3n) is 4.94. The average Bonchev–Trinajstić information content (AvgIpc) is 2.82. The van der Waals surface area contributed by atoms with Gasteiger partial charge in [-0.15, -0.1) is 0 Å². The molecule has 34 heavy (non-hydrogen) atoms. The zero-order valence-corrected chi connectivity index (χ0v) is 18.5. The number of methoxy groups -OCH3 is 2. The lowest BCUT2D eigenvalue weighted by Gasteiger charge is -2.13. The Morgan fingerprint density at radius 1 is 0.882 bits per heavy atom. The molecule has 0 fully saturated rings. The van der Waals surface area contributed by atoms with Crippen LogP contribution in [-0.4, -0.2) is 30.2 Å². The van der Waals surface area contributed by atoms with E-state index < -0.39 is 17.7 Å². The van der Waals surface area contributed by atoms with Gasteiger partial charge in [0.2, 0.25) is 5.88 Å². The lowest BCUT2D eigenvalue weighted by atomic mass is 10.2. The highest BCUT2D eigenvalue weighted by atomic mass is 19.1. The lowest BCUT2D eigenvalue weighted by Crippen LogP contribution is -2.20. The van der Waals surface area contributed by atoms with Crippen molar-refractivity contribution in [3.63, 3.8) is 0 Å². The molecule has 0 atom stereocenters. The van der Waals surface area contributed by atoms with Crippen LogP contribution in [0, 0.1) is 18.6 Å². The summed E-state index contributed by atoms with van der Waals surface area (Å²) < 4.78 is 43.4. The topological polar surface area (TPSA) is 94.6 Å². The van der Waals surface area contributed by atoms with Crippen LogP contribution in [0.1, 0.15) is 5.56 Å². The van der Waals surface area contributed by atoms with Crippen molar-refractivity contribution in [2.24, 2.45) is 0 Å². The highest BCUT2D eigenvalue weighted by Crippen LogP contribution is 2.36. The van der Waals surface area contributed by atoms with Crippen LogP contribution in [0.15, 0.2) is 54.9 Å². The van der Waals surface area contributed by atoms with Crippen LogP contribution < -0.4 is 24.8 Å². The lowest BCUT2D eigenvalue weighted by molar-refractivity contribution is 0.262. The van der Waals surface area contributed by atoms with Crippen LogP contribution in [0.2, 0.25) is 0 Å². The number of benzene rings is 3. The Hall–Kier alpha value is -4.47. The summed E-state index contributed by atoms with van der Waals surface area (Å²) in [4.78, 5) is 20.7. The zero-order valence-electron chi connectivity index (χ0n) is 18.5. The summed E-state index contributed by atoms with van der Waals surface area (Å²) >= 11 is 0. The number of nitrogens with zero attached hydrogens (tertiary/aromatic N) is 2. The molecular weight excluding hydrogens is 446 g/mol. The van der Waals surface area contributed by atoms with Gasteiger partial charge in [0, 0.05) is 17.8 Å². The van der Waals surface area contributed by atoms with Gasteiger partial charge in [-0.2, -0.15) is 0 Å². The van der Waals surface area contributed by atoms with Gasteiger partial charge >= 0.3 is 6.03 Å². The van der Waals surface area contributed by atoms with Gasteiger partial charge in [0.15, 0.2) is 11.5 Å². The van der Waals surface area contributed by atoms with Gasteiger partial charge in [-0.1, -0.05) is 0 Å². The summed E-state index contributed by atoms with van der Waals surface area (Å²) in [6.07, 6.45) is 1.38. The second kappa shape index (κ2) is 9.57. The van der Waals surface area contributed by atoms with Crippen molar-refractivity contribution < 1.29 is 27.8 Å².